The van der Waals surface area contributed by atoms with Crippen molar-refractivity contribution in [3.05, 3.63) is 58.8 Å². The minimum Gasteiger partial charge on any atom is -0.370 e. The van der Waals surface area contributed by atoms with Gasteiger partial charge in [0.2, 0.25) is 15.9 Å². The Bertz CT molecular complexity index is 1160. The molecule has 0 fully saturated rings. The summed E-state index contributed by atoms with van der Waals surface area (Å²) >= 11 is 0. The Morgan fingerprint density at radius 1 is 1.27 bits per heavy atom. The van der Waals surface area contributed by atoms with Crippen molar-refractivity contribution in [1.82, 2.24) is 14.9 Å². The molecular formula is C20H27N7O5S. The van der Waals surface area contributed by atoms with E-state index in [9.17, 15) is 22.8 Å². The molecule has 0 aliphatic rings. The summed E-state index contributed by atoms with van der Waals surface area (Å²) in [6.07, 6.45) is 3.47. The van der Waals surface area contributed by atoms with E-state index in [0.717, 1.165) is 17.1 Å². The fraction of sp³-hybridized carbons (Fsp3) is 0.350. The third-order valence-electron chi connectivity index (χ3n) is 4.51. The van der Waals surface area contributed by atoms with Crippen molar-refractivity contribution in [2.75, 3.05) is 11.3 Å². The first-order valence-corrected chi connectivity index (χ1v) is 11.6. The van der Waals surface area contributed by atoms with Gasteiger partial charge in [0.25, 0.3) is 5.56 Å². The van der Waals surface area contributed by atoms with Crippen LogP contribution < -0.4 is 27.1 Å². The molecule has 2 rings (SSSR count). The third kappa shape index (κ3) is 8.37. The molecule has 0 radical (unpaired) electrons. The topological polar surface area (TPSA) is 192 Å². The van der Waals surface area contributed by atoms with Gasteiger partial charge in [-0.3, -0.25) is 23.9 Å². The highest BCUT2D eigenvalue weighted by Crippen LogP contribution is 2.11. The molecule has 0 unspecified atom stereocenters. The zero-order valence-corrected chi connectivity index (χ0v) is 18.9. The number of nitrogens with one attached hydrogen (secondary N) is 2. The summed E-state index contributed by atoms with van der Waals surface area (Å²) in [5.74, 6) is -1.03. The molecular weight excluding hydrogens is 450 g/mol. The molecule has 0 aliphatic heterocycles. The first-order chi connectivity index (χ1) is 15.5. The Hall–Kier alpha value is -3.74. The fourth-order valence-corrected chi connectivity index (χ4v) is 4.13. The zero-order valence-electron chi connectivity index (χ0n) is 18.1. The highest BCUT2D eigenvalue weighted by Gasteiger charge is 2.25. The average molecular weight is 478 g/mol. The van der Waals surface area contributed by atoms with Gasteiger partial charge in [-0.1, -0.05) is 30.3 Å². The van der Waals surface area contributed by atoms with Crippen molar-refractivity contribution in [3.8, 4) is 0 Å². The van der Waals surface area contributed by atoms with Crippen LogP contribution in [0.15, 0.2) is 52.6 Å². The van der Waals surface area contributed by atoms with Gasteiger partial charge in [-0.05, 0) is 25.3 Å². The number of anilines is 1. The highest BCUT2D eigenvalue weighted by atomic mass is 32.2. The molecule has 12 nitrogen and oxygen atoms in total. The largest absolute Gasteiger partial charge is 0.370 e. The Kier molecular flexibility index (Phi) is 8.68. The number of guanidine groups is 1. The van der Waals surface area contributed by atoms with E-state index in [1.54, 1.807) is 30.3 Å². The lowest BCUT2D eigenvalue weighted by Crippen LogP contribution is -2.49. The molecule has 1 aromatic heterocycles. The number of aromatic nitrogens is 2. The lowest BCUT2D eigenvalue weighted by atomic mass is 9.97. The minimum atomic E-state index is -3.89. The summed E-state index contributed by atoms with van der Waals surface area (Å²) in [7, 11) is -3.89. The van der Waals surface area contributed by atoms with Gasteiger partial charge in [0.15, 0.2) is 5.96 Å². The second-order valence-corrected chi connectivity index (χ2v) is 9.30. The molecule has 1 aromatic carbocycles. The van der Waals surface area contributed by atoms with Crippen LogP contribution in [-0.4, -0.2) is 48.2 Å². The van der Waals surface area contributed by atoms with Gasteiger partial charge in [-0.15, -0.1) is 0 Å². The van der Waals surface area contributed by atoms with Crippen molar-refractivity contribution >= 4 is 33.9 Å². The van der Waals surface area contributed by atoms with E-state index < -0.39 is 33.6 Å². The van der Waals surface area contributed by atoms with E-state index in [1.165, 1.54) is 6.92 Å². The van der Waals surface area contributed by atoms with Gasteiger partial charge >= 0.3 is 0 Å². The summed E-state index contributed by atoms with van der Waals surface area (Å²) in [5, 5.41) is 2.56. The number of aldehydes is 1. The molecule has 33 heavy (non-hydrogen) atoms. The molecule has 0 saturated heterocycles. The quantitative estimate of drug-likeness (QED) is 0.134. The van der Waals surface area contributed by atoms with Gasteiger partial charge in [0, 0.05) is 6.54 Å². The Labute approximate surface area is 191 Å². The lowest BCUT2D eigenvalue weighted by Gasteiger charge is -2.24. The number of sulfonamides is 1. The van der Waals surface area contributed by atoms with Gasteiger partial charge in [0.05, 0.1) is 23.8 Å². The fourth-order valence-electron chi connectivity index (χ4n) is 2.95. The van der Waals surface area contributed by atoms with E-state index in [-0.39, 0.29) is 30.4 Å². The maximum atomic E-state index is 12.7. The van der Waals surface area contributed by atoms with Gasteiger partial charge in [-0.25, -0.2) is 13.4 Å². The number of hydrogen-bond acceptors (Lipinski definition) is 7. The Morgan fingerprint density at radius 2 is 1.97 bits per heavy atom. The van der Waals surface area contributed by atoms with Crippen LogP contribution in [0.4, 0.5) is 5.69 Å². The number of amides is 1. The van der Waals surface area contributed by atoms with Crippen molar-refractivity contribution in [2.24, 2.45) is 16.5 Å². The van der Waals surface area contributed by atoms with Gasteiger partial charge in [0.1, 0.15) is 18.5 Å². The maximum Gasteiger partial charge on any atom is 0.278 e. The summed E-state index contributed by atoms with van der Waals surface area (Å²) in [4.78, 5) is 44.3. The number of nitrogens with two attached hydrogens (primary N) is 2. The van der Waals surface area contributed by atoms with E-state index in [4.69, 9.17) is 11.5 Å². The van der Waals surface area contributed by atoms with Crippen LogP contribution in [0.2, 0.25) is 0 Å². The Morgan fingerprint density at radius 3 is 2.61 bits per heavy atom. The van der Waals surface area contributed by atoms with Gasteiger partial charge in [-0.2, -0.15) is 0 Å². The number of aliphatic imine (C=N–C) groups is 1. The molecule has 13 heteroatoms. The molecule has 2 aromatic rings. The van der Waals surface area contributed by atoms with Crippen LogP contribution in [0.1, 0.15) is 25.3 Å². The lowest BCUT2D eigenvalue weighted by molar-refractivity contribution is -0.127. The molecule has 1 heterocycles. The number of rotatable bonds is 12. The maximum absolute atomic E-state index is 12.7. The molecule has 0 spiro atoms. The molecule has 1 amide bonds. The van der Waals surface area contributed by atoms with Crippen molar-refractivity contribution in [3.63, 3.8) is 0 Å². The van der Waals surface area contributed by atoms with Crippen LogP contribution in [0.5, 0.6) is 0 Å². The van der Waals surface area contributed by atoms with Crippen LogP contribution in [0.25, 0.3) is 0 Å². The van der Waals surface area contributed by atoms with Crippen LogP contribution in [0, 0.1) is 0 Å². The number of benzene rings is 1. The normalized spacial score (nSPS) is 12.9. The average Bonchev–Trinajstić information content (AvgIpc) is 2.74. The molecule has 6 N–H and O–H groups in total. The third-order valence-corrected chi connectivity index (χ3v) is 5.76. The predicted octanol–water partition coefficient (Wildman–Crippen LogP) is -0.687. The first kappa shape index (κ1) is 25.5. The van der Waals surface area contributed by atoms with Crippen LogP contribution in [0.3, 0.4) is 0 Å². The van der Waals surface area contributed by atoms with Crippen molar-refractivity contribution in [2.45, 2.75) is 37.6 Å². The van der Waals surface area contributed by atoms with E-state index in [2.05, 4.69) is 20.0 Å². The van der Waals surface area contributed by atoms with Crippen molar-refractivity contribution < 1.29 is 18.0 Å². The molecule has 1 atom stereocenters. The summed E-state index contributed by atoms with van der Waals surface area (Å²) < 4.78 is 28.0. The monoisotopic (exact) mass is 477 g/mol. The number of hydrogen-bond donors (Lipinski definition) is 4. The van der Waals surface area contributed by atoms with E-state index >= 15 is 0 Å². The zero-order chi connectivity index (χ0) is 24.5. The Balaban J connectivity index is 2.05. The second kappa shape index (κ2) is 11.2. The van der Waals surface area contributed by atoms with Crippen molar-refractivity contribution in [1.29, 1.82) is 0 Å². The van der Waals surface area contributed by atoms with Gasteiger partial charge < -0.3 is 21.6 Å². The van der Waals surface area contributed by atoms with E-state index in [0.29, 0.717) is 18.3 Å². The summed E-state index contributed by atoms with van der Waals surface area (Å²) in [6.45, 7) is 1.36. The smallest absolute Gasteiger partial charge is 0.278 e. The number of carbonyl (C=O) groups is 2. The minimum absolute atomic E-state index is 0.0713. The predicted molar refractivity (Wildman–Crippen MR) is 124 cm³/mol. The summed E-state index contributed by atoms with van der Waals surface area (Å²) in [5.41, 5.74) is 8.81. The second-order valence-electron chi connectivity index (χ2n) is 7.58. The number of nitrogens with zero attached hydrogens (tertiary/aromatic N) is 3. The molecule has 0 saturated carbocycles. The summed E-state index contributed by atoms with van der Waals surface area (Å²) in [6, 6.07) is 8.45. The highest BCUT2D eigenvalue weighted by molar-refractivity contribution is 7.91. The first-order valence-electron chi connectivity index (χ1n) is 9.95. The molecule has 0 aliphatic carbocycles. The van der Waals surface area contributed by atoms with Crippen LogP contribution >= 0.6 is 0 Å². The SMILES string of the molecule is C[C@](C=O)(CCCN=C(N)N)NC(=O)Cn1cncc(NS(=O)(=O)Cc2ccccc2)c1=O. The standard InChI is InChI=1S/C20H27N7O5S/c1-20(13-28,8-5-9-24-19(21)22)25-17(29)11-27-14-23-10-16(18(27)30)26-33(31,32)12-15-6-3-2-4-7-15/h2-4,6-7,10,13-14,26H,5,8-9,11-12H2,1H3,(H,25,29)(H4,21,22,24)/t20-/m1/s1. The number of carbonyl (C=O) groups excluding carboxylic acids is 2. The molecule has 0 bridgehead atoms. The van der Waals surface area contributed by atoms with E-state index in [1.807, 2.05) is 0 Å². The molecule has 178 valence electrons. The van der Waals surface area contributed by atoms with Crippen LogP contribution in [-0.2, 0) is 31.9 Å².